The maximum absolute atomic E-state index is 11.8. The molecule has 0 saturated heterocycles. The number of Topliss-reactive ketones (excluding diaryl/α,β-unsaturated/α-hetero) is 1. The third-order valence-electron chi connectivity index (χ3n) is 3.25. The third-order valence-corrected chi connectivity index (χ3v) is 3.25. The van der Waals surface area contributed by atoms with E-state index in [1.54, 1.807) is 0 Å². The van der Waals surface area contributed by atoms with Gasteiger partial charge >= 0.3 is 0 Å². The van der Waals surface area contributed by atoms with Crippen LogP contribution in [0.25, 0.3) is 0 Å². The van der Waals surface area contributed by atoms with Crippen molar-refractivity contribution in [3.8, 4) is 0 Å². The highest BCUT2D eigenvalue weighted by atomic mass is 16.2. The van der Waals surface area contributed by atoms with E-state index >= 15 is 0 Å². The van der Waals surface area contributed by atoms with Crippen LogP contribution in [0, 0.1) is 0 Å². The summed E-state index contributed by atoms with van der Waals surface area (Å²) in [4.78, 5) is 35.0. The Morgan fingerprint density at radius 2 is 1.82 bits per heavy atom. The van der Waals surface area contributed by atoms with E-state index in [9.17, 15) is 14.4 Å². The summed E-state index contributed by atoms with van der Waals surface area (Å²) in [5.41, 5.74) is 6.54. The molecule has 0 heterocycles. The van der Waals surface area contributed by atoms with Gasteiger partial charge in [-0.05, 0) is 18.9 Å². The van der Waals surface area contributed by atoms with E-state index in [1.807, 2.05) is 44.2 Å². The topological polar surface area (TPSA) is 101 Å². The molecule has 4 N–H and O–H groups in total. The van der Waals surface area contributed by atoms with Crippen LogP contribution in [0.2, 0.25) is 0 Å². The molecule has 0 spiro atoms. The standard InChI is InChI=1S/C16H23N3O3/c1-3-7-13(17)15(21)16(22)18-10-14(20)19-11(2)12-8-5-4-6-9-12/h4-6,8-9,11,13H,3,7,10,17H2,1-2H3,(H,18,22)(H,19,20)/t11-,13?/m1/s1. The number of carbonyl (C=O) groups is 3. The number of carbonyl (C=O) groups excluding carboxylic acids is 3. The van der Waals surface area contributed by atoms with E-state index in [0.29, 0.717) is 6.42 Å². The van der Waals surface area contributed by atoms with Crippen LogP contribution < -0.4 is 16.4 Å². The molecule has 1 aromatic carbocycles. The minimum absolute atomic E-state index is 0.177. The summed E-state index contributed by atoms with van der Waals surface area (Å²) in [6.07, 6.45) is 1.17. The smallest absolute Gasteiger partial charge is 0.289 e. The monoisotopic (exact) mass is 305 g/mol. The Bertz CT molecular complexity index is 517. The largest absolute Gasteiger partial charge is 0.348 e. The van der Waals surface area contributed by atoms with Crippen molar-refractivity contribution in [1.29, 1.82) is 0 Å². The van der Waals surface area contributed by atoms with E-state index in [1.165, 1.54) is 0 Å². The zero-order chi connectivity index (χ0) is 16.5. The van der Waals surface area contributed by atoms with E-state index in [-0.39, 0.29) is 18.5 Å². The molecule has 1 rings (SSSR count). The van der Waals surface area contributed by atoms with Gasteiger partial charge in [0.05, 0.1) is 18.6 Å². The molecule has 2 atom stereocenters. The number of rotatable bonds is 8. The van der Waals surface area contributed by atoms with Gasteiger partial charge in [-0.1, -0.05) is 43.7 Å². The van der Waals surface area contributed by atoms with Crippen LogP contribution >= 0.6 is 0 Å². The van der Waals surface area contributed by atoms with Crippen LogP contribution in [0.4, 0.5) is 0 Å². The first-order chi connectivity index (χ1) is 10.5. The van der Waals surface area contributed by atoms with E-state index in [2.05, 4.69) is 10.6 Å². The predicted molar refractivity (Wildman–Crippen MR) is 83.9 cm³/mol. The zero-order valence-electron chi connectivity index (χ0n) is 13.0. The number of hydrogen-bond donors (Lipinski definition) is 3. The lowest BCUT2D eigenvalue weighted by Crippen LogP contribution is -2.45. The van der Waals surface area contributed by atoms with Crippen LogP contribution in [0.3, 0.4) is 0 Å². The second kappa shape index (κ2) is 8.94. The molecule has 2 amide bonds. The highest BCUT2D eigenvalue weighted by Crippen LogP contribution is 2.10. The zero-order valence-corrected chi connectivity index (χ0v) is 13.0. The van der Waals surface area contributed by atoms with Gasteiger partial charge in [-0.25, -0.2) is 0 Å². The van der Waals surface area contributed by atoms with Gasteiger partial charge in [0.15, 0.2) is 0 Å². The number of nitrogens with one attached hydrogen (secondary N) is 2. The lowest BCUT2D eigenvalue weighted by Gasteiger charge is -2.15. The van der Waals surface area contributed by atoms with Crippen molar-refractivity contribution in [2.45, 2.75) is 38.8 Å². The van der Waals surface area contributed by atoms with Gasteiger partial charge in [0.1, 0.15) is 0 Å². The molecule has 1 unspecified atom stereocenters. The summed E-state index contributed by atoms with van der Waals surface area (Å²) in [6, 6.07) is 8.47. The molecule has 0 saturated carbocycles. The third kappa shape index (κ3) is 5.65. The molecule has 0 aliphatic heterocycles. The lowest BCUT2D eigenvalue weighted by molar-refractivity contribution is -0.139. The summed E-state index contributed by atoms with van der Waals surface area (Å²) >= 11 is 0. The van der Waals surface area contributed by atoms with Crippen LogP contribution in [-0.2, 0) is 14.4 Å². The van der Waals surface area contributed by atoms with Gasteiger partial charge in [0.25, 0.3) is 5.91 Å². The van der Waals surface area contributed by atoms with Crippen LogP contribution in [0.5, 0.6) is 0 Å². The summed E-state index contributed by atoms with van der Waals surface area (Å²) < 4.78 is 0. The second-order valence-corrected chi connectivity index (χ2v) is 5.14. The van der Waals surface area contributed by atoms with Crippen LogP contribution in [0.15, 0.2) is 30.3 Å². The SMILES string of the molecule is CCCC(N)C(=O)C(=O)NCC(=O)N[C@H](C)c1ccccc1. The van der Waals surface area contributed by atoms with Crippen molar-refractivity contribution in [3.05, 3.63) is 35.9 Å². The number of hydrogen-bond acceptors (Lipinski definition) is 4. The second-order valence-electron chi connectivity index (χ2n) is 5.14. The van der Waals surface area contributed by atoms with E-state index in [4.69, 9.17) is 5.73 Å². The Morgan fingerprint density at radius 3 is 2.41 bits per heavy atom. The van der Waals surface area contributed by atoms with Gasteiger partial charge in [0, 0.05) is 0 Å². The Labute approximate surface area is 130 Å². The van der Waals surface area contributed by atoms with E-state index in [0.717, 1.165) is 12.0 Å². The molecule has 22 heavy (non-hydrogen) atoms. The minimum atomic E-state index is -0.816. The molecular weight excluding hydrogens is 282 g/mol. The van der Waals surface area contributed by atoms with Crippen LogP contribution in [-0.4, -0.2) is 30.2 Å². The maximum atomic E-state index is 11.8. The molecule has 0 aromatic heterocycles. The minimum Gasteiger partial charge on any atom is -0.348 e. The average molecular weight is 305 g/mol. The Morgan fingerprint density at radius 1 is 1.18 bits per heavy atom. The van der Waals surface area contributed by atoms with Crippen molar-refractivity contribution in [3.63, 3.8) is 0 Å². The highest BCUT2D eigenvalue weighted by molar-refractivity contribution is 6.38. The lowest BCUT2D eigenvalue weighted by atomic mass is 10.1. The molecule has 0 bridgehead atoms. The molecule has 120 valence electrons. The molecule has 6 heteroatoms. The molecular formula is C16H23N3O3. The highest BCUT2D eigenvalue weighted by Gasteiger charge is 2.21. The Balaban J connectivity index is 2.40. The molecule has 0 fully saturated rings. The molecule has 0 aliphatic carbocycles. The molecule has 6 nitrogen and oxygen atoms in total. The fourth-order valence-corrected chi connectivity index (χ4v) is 1.98. The van der Waals surface area contributed by atoms with Crippen molar-refractivity contribution in [1.82, 2.24) is 10.6 Å². The number of nitrogens with two attached hydrogens (primary N) is 1. The van der Waals surface area contributed by atoms with E-state index < -0.39 is 17.7 Å². The van der Waals surface area contributed by atoms with Crippen molar-refractivity contribution < 1.29 is 14.4 Å². The molecule has 0 radical (unpaired) electrons. The number of benzene rings is 1. The molecule has 0 aliphatic rings. The first-order valence-corrected chi connectivity index (χ1v) is 7.37. The van der Waals surface area contributed by atoms with Crippen molar-refractivity contribution in [2.24, 2.45) is 5.73 Å². The Kier molecular flexibility index (Phi) is 7.25. The van der Waals surface area contributed by atoms with Gasteiger partial charge in [-0.2, -0.15) is 0 Å². The normalized spacial score (nSPS) is 13.0. The van der Waals surface area contributed by atoms with Crippen molar-refractivity contribution in [2.75, 3.05) is 6.54 Å². The first kappa shape index (κ1) is 17.8. The fraction of sp³-hybridized carbons (Fsp3) is 0.438. The van der Waals surface area contributed by atoms with Crippen LogP contribution in [0.1, 0.15) is 38.3 Å². The maximum Gasteiger partial charge on any atom is 0.289 e. The number of ketones is 1. The summed E-state index contributed by atoms with van der Waals surface area (Å²) in [7, 11) is 0. The fourth-order valence-electron chi connectivity index (χ4n) is 1.98. The predicted octanol–water partition coefficient (Wildman–Crippen LogP) is 0.677. The van der Waals surface area contributed by atoms with Gasteiger partial charge in [-0.15, -0.1) is 0 Å². The summed E-state index contributed by atoms with van der Waals surface area (Å²) in [5.74, 6) is -1.87. The summed E-state index contributed by atoms with van der Waals surface area (Å²) in [6.45, 7) is 3.47. The summed E-state index contributed by atoms with van der Waals surface area (Å²) in [5, 5.41) is 5.05. The Hall–Kier alpha value is -2.21. The number of amides is 2. The first-order valence-electron chi connectivity index (χ1n) is 7.37. The van der Waals surface area contributed by atoms with Gasteiger partial charge in [0.2, 0.25) is 11.7 Å². The molecule has 1 aromatic rings. The van der Waals surface area contributed by atoms with Crippen molar-refractivity contribution >= 4 is 17.6 Å². The van der Waals surface area contributed by atoms with Gasteiger partial charge in [-0.3, -0.25) is 14.4 Å². The quantitative estimate of drug-likeness (QED) is 0.615. The van der Waals surface area contributed by atoms with Gasteiger partial charge < -0.3 is 16.4 Å². The average Bonchev–Trinajstić information content (AvgIpc) is 2.52.